The molecule has 3 saturated carbocycles. The predicted molar refractivity (Wildman–Crippen MR) is 62.2 cm³/mol. The Balaban J connectivity index is 1.88. The second-order valence-electron chi connectivity index (χ2n) is 4.61. The third-order valence-corrected chi connectivity index (χ3v) is 4.05. The first-order chi connectivity index (χ1) is 7.74. The number of aromatic nitrogens is 2. The highest BCUT2D eigenvalue weighted by molar-refractivity contribution is 7.98. The van der Waals surface area contributed by atoms with Crippen LogP contribution in [0.4, 0.5) is 5.82 Å². The Hall–Kier alpha value is -1.28. The van der Waals surface area contributed by atoms with Crippen molar-refractivity contribution in [1.82, 2.24) is 9.97 Å². The van der Waals surface area contributed by atoms with E-state index in [0.29, 0.717) is 16.5 Å². The van der Waals surface area contributed by atoms with E-state index in [2.05, 4.69) is 21.4 Å². The van der Waals surface area contributed by atoms with E-state index in [1.807, 2.05) is 6.26 Å². The van der Waals surface area contributed by atoms with Gasteiger partial charge in [0, 0.05) is 5.54 Å². The van der Waals surface area contributed by atoms with Gasteiger partial charge in [0.15, 0.2) is 5.16 Å². The highest BCUT2D eigenvalue weighted by Crippen LogP contribution is 2.58. The van der Waals surface area contributed by atoms with Crippen LogP contribution >= 0.6 is 11.8 Å². The predicted octanol–water partition coefficient (Wildman–Crippen LogP) is 2.03. The van der Waals surface area contributed by atoms with Crippen molar-refractivity contribution in [3.63, 3.8) is 0 Å². The van der Waals surface area contributed by atoms with Gasteiger partial charge in [0.25, 0.3) is 0 Å². The minimum atomic E-state index is 0.250. The van der Waals surface area contributed by atoms with Crippen molar-refractivity contribution in [2.45, 2.75) is 30.0 Å². The zero-order valence-corrected chi connectivity index (χ0v) is 9.84. The van der Waals surface area contributed by atoms with Crippen LogP contribution in [0, 0.1) is 17.2 Å². The molecule has 1 aromatic rings. The molecule has 1 heterocycles. The number of anilines is 1. The fourth-order valence-corrected chi connectivity index (χ4v) is 2.86. The van der Waals surface area contributed by atoms with Crippen molar-refractivity contribution in [1.29, 1.82) is 5.26 Å². The van der Waals surface area contributed by atoms with Crippen molar-refractivity contribution in [2.24, 2.45) is 5.92 Å². The summed E-state index contributed by atoms with van der Waals surface area (Å²) in [7, 11) is 0. The molecule has 3 aliphatic carbocycles. The highest BCUT2D eigenvalue weighted by atomic mass is 32.2. The van der Waals surface area contributed by atoms with Gasteiger partial charge in [-0.25, -0.2) is 9.97 Å². The first-order valence-corrected chi connectivity index (χ1v) is 6.56. The zero-order chi connectivity index (χ0) is 11.2. The van der Waals surface area contributed by atoms with Crippen LogP contribution in [0.3, 0.4) is 0 Å². The summed E-state index contributed by atoms with van der Waals surface area (Å²) in [5, 5.41) is 13.1. The van der Waals surface area contributed by atoms with Crippen molar-refractivity contribution in [3.8, 4) is 6.07 Å². The maximum absolute atomic E-state index is 9.01. The van der Waals surface area contributed by atoms with E-state index in [1.165, 1.54) is 31.0 Å². The van der Waals surface area contributed by atoms with Gasteiger partial charge in [-0.1, -0.05) is 11.8 Å². The number of thioether (sulfide) groups is 1. The highest BCUT2D eigenvalue weighted by Gasteiger charge is 2.56. The molecule has 4 nitrogen and oxygen atoms in total. The number of nitriles is 1. The molecule has 0 aliphatic heterocycles. The van der Waals surface area contributed by atoms with Gasteiger partial charge in [-0.05, 0) is 31.4 Å². The second kappa shape index (κ2) is 3.36. The molecule has 0 aromatic carbocycles. The Morgan fingerprint density at radius 1 is 1.56 bits per heavy atom. The Labute approximate surface area is 98.5 Å². The van der Waals surface area contributed by atoms with Crippen LogP contribution < -0.4 is 5.32 Å². The van der Waals surface area contributed by atoms with Crippen LogP contribution in [0.25, 0.3) is 0 Å². The lowest BCUT2D eigenvalue weighted by atomic mass is 9.50. The monoisotopic (exact) mass is 232 g/mol. The molecular formula is C11H12N4S. The van der Waals surface area contributed by atoms with Crippen molar-refractivity contribution < 1.29 is 0 Å². The van der Waals surface area contributed by atoms with Gasteiger partial charge in [-0.3, -0.25) is 0 Å². The molecule has 0 spiro atoms. The smallest absolute Gasteiger partial charge is 0.189 e. The lowest BCUT2D eigenvalue weighted by Gasteiger charge is -2.62. The van der Waals surface area contributed by atoms with Crippen LogP contribution in [0.2, 0.25) is 0 Å². The van der Waals surface area contributed by atoms with E-state index < -0.39 is 0 Å². The molecule has 0 radical (unpaired) electrons. The van der Waals surface area contributed by atoms with E-state index in [4.69, 9.17) is 5.26 Å². The van der Waals surface area contributed by atoms with Gasteiger partial charge in [0.05, 0.1) is 6.20 Å². The summed E-state index contributed by atoms with van der Waals surface area (Å²) in [5.74, 6) is 1.62. The maximum Gasteiger partial charge on any atom is 0.189 e. The Morgan fingerprint density at radius 3 is 2.81 bits per heavy atom. The molecule has 2 bridgehead atoms. The number of nitrogens with one attached hydrogen (secondary N) is 1. The van der Waals surface area contributed by atoms with Crippen molar-refractivity contribution in [3.05, 3.63) is 11.8 Å². The molecule has 3 aliphatic rings. The molecule has 0 atom stereocenters. The van der Waals surface area contributed by atoms with E-state index >= 15 is 0 Å². The Kier molecular flexibility index (Phi) is 2.08. The minimum absolute atomic E-state index is 0.250. The SMILES string of the molecule is CSc1ncc(C#N)c(NC23CC(C2)C3)n1. The molecule has 0 saturated heterocycles. The van der Waals surface area contributed by atoms with Crippen LogP contribution in [0.1, 0.15) is 24.8 Å². The lowest BCUT2D eigenvalue weighted by molar-refractivity contribution is 0.00173. The standard InChI is InChI=1S/C11H12N4S/c1-16-10-13-6-8(5-12)9(14-10)15-11-2-7(3-11)4-11/h6-7H,2-4H2,1H3,(H,13,14,15). The van der Waals surface area contributed by atoms with E-state index in [9.17, 15) is 0 Å². The van der Waals surface area contributed by atoms with Crippen LogP contribution in [0.5, 0.6) is 0 Å². The normalized spacial score (nSPS) is 29.9. The molecule has 0 unspecified atom stereocenters. The van der Waals surface area contributed by atoms with Crippen LogP contribution in [0.15, 0.2) is 11.4 Å². The largest absolute Gasteiger partial charge is 0.363 e. The lowest BCUT2D eigenvalue weighted by Crippen LogP contribution is -2.63. The molecule has 82 valence electrons. The fraction of sp³-hybridized carbons (Fsp3) is 0.545. The first kappa shape index (κ1) is 9.91. The zero-order valence-electron chi connectivity index (χ0n) is 9.03. The summed E-state index contributed by atoms with van der Waals surface area (Å²) >= 11 is 1.49. The molecule has 4 rings (SSSR count). The maximum atomic E-state index is 9.01. The number of nitrogens with zero attached hydrogens (tertiary/aromatic N) is 3. The third-order valence-electron chi connectivity index (χ3n) is 3.49. The van der Waals surface area contributed by atoms with Crippen LogP contribution in [-0.2, 0) is 0 Å². The average Bonchev–Trinajstić information content (AvgIpc) is 2.21. The molecule has 16 heavy (non-hydrogen) atoms. The summed E-state index contributed by atoms with van der Waals surface area (Å²) in [6.45, 7) is 0. The summed E-state index contributed by atoms with van der Waals surface area (Å²) in [6, 6.07) is 2.14. The fourth-order valence-electron chi connectivity index (χ4n) is 2.52. The summed E-state index contributed by atoms with van der Waals surface area (Å²) in [6.07, 6.45) is 7.24. The van der Waals surface area contributed by atoms with E-state index in [-0.39, 0.29) is 5.54 Å². The topological polar surface area (TPSA) is 61.6 Å². The van der Waals surface area contributed by atoms with Gasteiger partial charge in [0.1, 0.15) is 17.5 Å². The van der Waals surface area contributed by atoms with Gasteiger partial charge in [-0.2, -0.15) is 5.26 Å². The molecular weight excluding hydrogens is 220 g/mol. The summed E-state index contributed by atoms with van der Waals surface area (Å²) < 4.78 is 0. The minimum Gasteiger partial charge on any atom is -0.363 e. The number of rotatable bonds is 3. The van der Waals surface area contributed by atoms with Gasteiger partial charge < -0.3 is 5.32 Å². The molecule has 1 aromatic heterocycles. The number of hydrogen-bond donors (Lipinski definition) is 1. The summed E-state index contributed by atoms with van der Waals surface area (Å²) in [4.78, 5) is 8.48. The van der Waals surface area contributed by atoms with E-state index in [0.717, 1.165) is 5.92 Å². The molecule has 3 fully saturated rings. The Bertz CT molecular complexity index is 462. The molecule has 1 N–H and O–H groups in total. The second-order valence-corrected chi connectivity index (χ2v) is 5.39. The Morgan fingerprint density at radius 2 is 2.31 bits per heavy atom. The van der Waals surface area contributed by atoms with Crippen molar-refractivity contribution >= 4 is 17.6 Å². The van der Waals surface area contributed by atoms with Gasteiger partial charge >= 0.3 is 0 Å². The van der Waals surface area contributed by atoms with E-state index in [1.54, 1.807) is 6.20 Å². The van der Waals surface area contributed by atoms with Crippen LogP contribution in [-0.4, -0.2) is 21.8 Å². The van der Waals surface area contributed by atoms with Gasteiger partial charge in [0.2, 0.25) is 0 Å². The number of hydrogen-bond acceptors (Lipinski definition) is 5. The van der Waals surface area contributed by atoms with Gasteiger partial charge in [-0.15, -0.1) is 0 Å². The molecule has 0 amide bonds. The average molecular weight is 232 g/mol. The third kappa shape index (κ3) is 1.37. The summed E-state index contributed by atoms with van der Waals surface area (Å²) in [5.41, 5.74) is 0.794. The quantitative estimate of drug-likeness (QED) is 0.638. The molecule has 5 heteroatoms. The van der Waals surface area contributed by atoms with Crippen molar-refractivity contribution in [2.75, 3.05) is 11.6 Å². The first-order valence-electron chi connectivity index (χ1n) is 5.34.